The van der Waals surface area contributed by atoms with Crippen LogP contribution in [0.1, 0.15) is 28.8 Å². The summed E-state index contributed by atoms with van der Waals surface area (Å²) in [5.74, 6) is 0.0715. The molecule has 1 aliphatic rings. The van der Waals surface area contributed by atoms with E-state index in [2.05, 4.69) is 34.6 Å². The molecule has 1 fully saturated rings. The monoisotopic (exact) mass is 333 g/mol. The van der Waals surface area contributed by atoms with Crippen molar-refractivity contribution in [3.05, 3.63) is 59.9 Å². The number of aromatic nitrogens is 4. The Kier molecular flexibility index (Phi) is 4.01. The molecule has 6 nitrogen and oxygen atoms in total. The zero-order chi connectivity index (χ0) is 17.2. The van der Waals surface area contributed by atoms with Crippen molar-refractivity contribution < 1.29 is 4.79 Å². The third-order valence-electron chi connectivity index (χ3n) is 4.63. The number of carbonyl (C=O) groups excluding carboxylic acids is 1. The van der Waals surface area contributed by atoms with E-state index >= 15 is 0 Å². The van der Waals surface area contributed by atoms with Crippen LogP contribution in [0.3, 0.4) is 0 Å². The molecule has 126 valence electrons. The lowest BCUT2D eigenvalue weighted by molar-refractivity contribution is 0.0793. The minimum atomic E-state index is 0.0715. The van der Waals surface area contributed by atoms with E-state index in [9.17, 15) is 4.79 Å². The van der Waals surface area contributed by atoms with E-state index in [4.69, 9.17) is 0 Å². The van der Waals surface area contributed by atoms with Gasteiger partial charge >= 0.3 is 0 Å². The molecule has 0 spiro atoms. The van der Waals surface area contributed by atoms with Crippen molar-refractivity contribution in [2.75, 3.05) is 13.1 Å². The molecule has 6 heteroatoms. The molecule has 0 N–H and O–H groups in total. The summed E-state index contributed by atoms with van der Waals surface area (Å²) in [4.78, 5) is 14.8. The van der Waals surface area contributed by atoms with Gasteiger partial charge in [0.05, 0.1) is 5.69 Å². The lowest BCUT2D eigenvalue weighted by Gasteiger charge is -2.17. The van der Waals surface area contributed by atoms with Crippen LogP contribution in [0.15, 0.2) is 48.8 Å². The average Bonchev–Trinajstić information content (AvgIpc) is 3.35. The van der Waals surface area contributed by atoms with Gasteiger partial charge in [-0.3, -0.25) is 4.79 Å². The van der Waals surface area contributed by atoms with Crippen molar-refractivity contribution in [3.63, 3.8) is 0 Å². The molecule has 0 atom stereocenters. The summed E-state index contributed by atoms with van der Waals surface area (Å²) in [6.45, 7) is 3.72. The Labute approximate surface area is 146 Å². The van der Waals surface area contributed by atoms with E-state index < -0.39 is 0 Å². The molecule has 0 unspecified atom stereocenters. The summed E-state index contributed by atoms with van der Waals surface area (Å²) in [6.07, 6.45) is 3.69. The van der Waals surface area contributed by atoms with Gasteiger partial charge in [-0.25, -0.2) is 4.68 Å². The Morgan fingerprint density at radius 1 is 1.08 bits per heavy atom. The van der Waals surface area contributed by atoms with E-state index in [0.29, 0.717) is 5.56 Å². The number of benzene rings is 2. The standard InChI is InChI=1S/C19H19N5O/c1-14-6-2-3-7-18(14)15-10-16(19(25)23-8-4-5-9-23)12-17(11-15)24-13-20-21-22-24/h2-3,6-7,10-13H,4-5,8-9H2,1H3. The van der Waals surface area contributed by atoms with Crippen molar-refractivity contribution in [2.45, 2.75) is 19.8 Å². The van der Waals surface area contributed by atoms with Crippen LogP contribution >= 0.6 is 0 Å². The van der Waals surface area contributed by atoms with E-state index in [1.54, 1.807) is 11.0 Å². The molecule has 0 saturated carbocycles. The van der Waals surface area contributed by atoms with Crippen molar-refractivity contribution in [2.24, 2.45) is 0 Å². The highest BCUT2D eigenvalue weighted by Gasteiger charge is 2.21. The molecule has 1 aliphatic heterocycles. The summed E-state index contributed by atoms with van der Waals surface area (Å²) >= 11 is 0. The molecule has 2 heterocycles. The van der Waals surface area contributed by atoms with Crippen LogP contribution in [-0.2, 0) is 0 Å². The Morgan fingerprint density at radius 3 is 2.60 bits per heavy atom. The summed E-state index contributed by atoms with van der Waals surface area (Å²) in [6, 6.07) is 14.0. The largest absolute Gasteiger partial charge is 0.339 e. The maximum atomic E-state index is 12.9. The normalized spacial score (nSPS) is 14.0. The molecule has 1 aromatic heterocycles. The SMILES string of the molecule is Cc1ccccc1-c1cc(C(=O)N2CCCC2)cc(-n2cnnn2)c1. The molecule has 0 radical (unpaired) electrons. The molecule has 1 saturated heterocycles. The quantitative estimate of drug-likeness (QED) is 0.739. The smallest absolute Gasteiger partial charge is 0.253 e. The fourth-order valence-corrected chi connectivity index (χ4v) is 3.30. The van der Waals surface area contributed by atoms with Gasteiger partial charge in [-0.15, -0.1) is 5.10 Å². The van der Waals surface area contributed by atoms with E-state index in [1.165, 1.54) is 0 Å². The Balaban J connectivity index is 1.83. The van der Waals surface area contributed by atoms with Crippen LogP contribution in [0.25, 0.3) is 16.8 Å². The highest BCUT2D eigenvalue weighted by molar-refractivity contribution is 5.96. The minimum absolute atomic E-state index is 0.0715. The molecule has 0 aliphatic carbocycles. The number of aryl methyl sites for hydroxylation is 1. The van der Waals surface area contributed by atoms with Crippen LogP contribution in [0, 0.1) is 6.92 Å². The summed E-state index contributed by atoms with van der Waals surface area (Å²) in [7, 11) is 0. The predicted molar refractivity (Wildman–Crippen MR) is 94.5 cm³/mol. The van der Waals surface area contributed by atoms with Gasteiger partial charge in [0.25, 0.3) is 5.91 Å². The second kappa shape index (κ2) is 6.47. The lowest BCUT2D eigenvalue weighted by atomic mass is 9.97. The van der Waals surface area contributed by atoms with Gasteiger partial charge in [0.2, 0.25) is 0 Å². The maximum Gasteiger partial charge on any atom is 0.253 e. The highest BCUT2D eigenvalue weighted by Crippen LogP contribution is 2.27. The second-order valence-corrected chi connectivity index (χ2v) is 6.34. The number of hydrogen-bond donors (Lipinski definition) is 0. The summed E-state index contributed by atoms with van der Waals surface area (Å²) < 4.78 is 1.59. The topological polar surface area (TPSA) is 63.9 Å². The van der Waals surface area contributed by atoms with Gasteiger partial charge in [0, 0.05) is 18.7 Å². The number of likely N-dealkylation sites (tertiary alicyclic amines) is 1. The summed E-state index contributed by atoms with van der Waals surface area (Å²) in [5, 5.41) is 11.4. The number of carbonyl (C=O) groups is 1. The first-order valence-corrected chi connectivity index (χ1v) is 8.46. The minimum Gasteiger partial charge on any atom is -0.339 e. The number of hydrogen-bond acceptors (Lipinski definition) is 4. The number of rotatable bonds is 3. The summed E-state index contributed by atoms with van der Waals surface area (Å²) in [5.41, 5.74) is 4.72. The fourth-order valence-electron chi connectivity index (χ4n) is 3.30. The van der Waals surface area contributed by atoms with Crippen molar-refractivity contribution in [3.8, 4) is 16.8 Å². The maximum absolute atomic E-state index is 12.9. The van der Waals surface area contributed by atoms with Gasteiger partial charge in [0.1, 0.15) is 6.33 Å². The predicted octanol–water partition coefficient (Wildman–Crippen LogP) is 2.87. The average molecular weight is 333 g/mol. The van der Waals surface area contributed by atoms with Crippen LogP contribution in [0.5, 0.6) is 0 Å². The number of nitrogens with zero attached hydrogens (tertiary/aromatic N) is 5. The van der Waals surface area contributed by atoms with Crippen LogP contribution < -0.4 is 0 Å². The second-order valence-electron chi connectivity index (χ2n) is 6.34. The first-order valence-electron chi connectivity index (χ1n) is 8.46. The molecule has 4 rings (SSSR count). The van der Waals surface area contributed by atoms with Crippen molar-refractivity contribution in [1.29, 1.82) is 0 Å². The van der Waals surface area contributed by atoms with Crippen molar-refractivity contribution >= 4 is 5.91 Å². The van der Waals surface area contributed by atoms with Gasteiger partial charge in [-0.2, -0.15) is 0 Å². The van der Waals surface area contributed by atoms with E-state index in [0.717, 1.165) is 48.3 Å². The van der Waals surface area contributed by atoms with Crippen LogP contribution in [-0.4, -0.2) is 44.1 Å². The number of tetrazole rings is 1. The zero-order valence-corrected chi connectivity index (χ0v) is 14.1. The van der Waals surface area contributed by atoms with E-state index in [1.807, 2.05) is 35.2 Å². The van der Waals surface area contributed by atoms with Gasteiger partial charge in [-0.1, -0.05) is 24.3 Å². The first-order chi connectivity index (χ1) is 12.2. The zero-order valence-electron chi connectivity index (χ0n) is 14.1. The first kappa shape index (κ1) is 15.5. The van der Waals surface area contributed by atoms with Crippen LogP contribution in [0.2, 0.25) is 0 Å². The molecular formula is C19H19N5O. The Morgan fingerprint density at radius 2 is 1.88 bits per heavy atom. The fraction of sp³-hybridized carbons (Fsp3) is 0.263. The molecule has 3 aromatic rings. The third kappa shape index (κ3) is 3.03. The highest BCUT2D eigenvalue weighted by atomic mass is 16.2. The molecule has 0 bridgehead atoms. The molecular weight excluding hydrogens is 314 g/mol. The van der Waals surface area contributed by atoms with Gasteiger partial charge in [-0.05, 0) is 65.1 Å². The Bertz CT molecular complexity index is 898. The third-order valence-corrected chi connectivity index (χ3v) is 4.63. The molecule has 25 heavy (non-hydrogen) atoms. The van der Waals surface area contributed by atoms with Gasteiger partial charge < -0.3 is 4.90 Å². The number of amides is 1. The Hall–Kier alpha value is -3.02. The van der Waals surface area contributed by atoms with Crippen LogP contribution in [0.4, 0.5) is 0 Å². The lowest BCUT2D eigenvalue weighted by Crippen LogP contribution is -2.27. The van der Waals surface area contributed by atoms with E-state index in [-0.39, 0.29) is 5.91 Å². The molecule has 2 aromatic carbocycles. The van der Waals surface area contributed by atoms with Gasteiger partial charge in [0.15, 0.2) is 0 Å². The van der Waals surface area contributed by atoms with Crippen molar-refractivity contribution in [1.82, 2.24) is 25.1 Å². The molecule has 1 amide bonds.